The van der Waals surface area contributed by atoms with Gasteiger partial charge in [-0.3, -0.25) is 9.59 Å². The maximum Gasteiger partial charge on any atom is 0.295 e. The van der Waals surface area contributed by atoms with Crippen LogP contribution >= 0.6 is 0 Å². The lowest BCUT2D eigenvalue weighted by Crippen LogP contribution is -2.32. The summed E-state index contributed by atoms with van der Waals surface area (Å²) in [6, 6.07) is 8.74. The highest BCUT2D eigenvalue weighted by atomic mass is 32.2. The van der Waals surface area contributed by atoms with Crippen LogP contribution < -0.4 is 4.74 Å². The van der Waals surface area contributed by atoms with Gasteiger partial charge in [0.1, 0.15) is 5.76 Å². The number of hydrogen-bond donors (Lipinski definition) is 2. The van der Waals surface area contributed by atoms with Crippen molar-refractivity contribution in [3.63, 3.8) is 0 Å². The number of hydrogen-bond acceptors (Lipinski definition) is 8. The van der Waals surface area contributed by atoms with Gasteiger partial charge in [0.15, 0.2) is 11.5 Å². The predicted octanol–water partition coefficient (Wildman–Crippen LogP) is 1.72. The molecule has 1 aliphatic rings. The molecule has 10 nitrogen and oxygen atoms in total. The number of phenols is 1. The fourth-order valence-corrected chi connectivity index (χ4v) is 4.56. The molecule has 2 aromatic carbocycles. The zero-order valence-corrected chi connectivity index (χ0v) is 20.0. The number of carbonyl (C=O) groups is 2. The monoisotopic (exact) mass is 490 g/mol. The molecular formula is C23H26N2O8S. The van der Waals surface area contributed by atoms with Gasteiger partial charge in [-0.25, -0.2) is 12.7 Å². The normalized spacial score (nSPS) is 18.0. The minimum absolute atomic E-state index is 0.00872. The number of Topliss-reactive ketones (excluding diaryl/α,β-unsaturated/α-hetero) is 1. The molecule has 1 fully saturated rings. The number of aromatic hydroxyl groups is 1. The van der Waals surface area contributed by atoms with Gasteiger partial charge < -0.3 is 24.6 Å². The van der Waals surface area contributed by atoms with Crippen LogP contribution in [0.2, 0.25) is 0 Å². The fourth-order valence-electron chi connectivity index (χ4n) is 3.66. The third-order valence-corrected chi connectivity index (χ3v) is 7.33. The van der Waals surface area contributed by atoms with Crippen LogP contribution in [0.4, 0.5) is 0 Å². The second-order valence-corrected chi connectivity index (χ2v) is 9.88. The molecule has 1 saturated heterocycles. The number of nitrogens with zero attached hydrogens (tertiary/aromatic N) is 2. The van der Waals surface area contributed by atoms with Crippen molar-refractivity contribution < 1.29 is 37.7 Å². The van der Waals surface area contributed by atoms with Crippen molar-refractivity contribution in [3.8, 4) is 11.5 Å². The maximum absolute atomic E-state index is 13.0. The summed E-state index contributed by atoms with van der Waals surface area (Å²) < 4.78 is 36.0. The van der Waals surface area contributed by atoms with Crippen LogP contribution in [0.25, 0.3) is 5.76 Å². The van der Waals surface area contributed by atoms with Gasteiger partial charge in [0, 0.05) is 33.3 Å². The third-order valence-electron chi connectivity index (χ3n) is 5.50. The van der Waals surface area contributed by atoms with Crippen molar-refractivity contribution >= 4 is 27.5 Å². The van der Waals surface area contributed by atoms with E-state index in [-0.39, 0.29) is 40.7 Å². The second-order valence-electron chi connectivity index (χ2n) is 7.73. The molecule has 2 N–H and O–H groups in total. The Morgan fingerprint density at radius 3 is 2.29 bits per heavy atom. The Balaban J connectivity index is 2.16. The molecule has 0 saturated carbocycles. The van der Waals surface area contributed by atoms with Crippen LogP contribution in [-0.2, 0) is 24.3 Å². The molecule has 1 aliphatic heterocycles. The number of aliphatic hydroxyl groups is 1. The number of aliphatic hydroxyl groups excluding tert-OH is 1. The van der Waals surface area contributed by atoms with E-state index in [2.05, 4.69) is 0 Å². The smallest absolute Gasteiger partial charge is 0.295 e. The Labute approximate surface area is 197 Å². The van der Waals surface area contributed by atoms with E-state index in [0.29, 0.717) is 5.56 Å². The molecule has 0 radical (unpaired) electrons. The standard InChI is InChI=1S/C23H26N2O8S/c1-24(2)34(30,31)16-8-5-14(6-9-16)21(27)19-20(15-7-10-17(26)18(13-15)33-4)25(11-12-32-3)23(29)22(19)28/h5-10,13,20,26-27H,11-12H2,1-4H3/b21-19-. The Hall–Kier alpha value is -3.41. The Kier molecular flexibility index (Phi) is 7.29. The first-order valence-corrected chi connectivity index (χ1v) is 11.7. The van der Waals surface area contributed by atoms with Crippen LogP contribution in [-0.4, -0.2) is 81.0 Å². The lowest BCUT2D eigenvalue weighted by molar-refractivity contribution is -0.140. The van der Waals surface area contributed by atoms with Crippen LogP contribution in [0.5, 0.6) is 11.5 Å². The third kappa shape index (κ3) is 4.49. The molecule has 1 heterocycles. The van der Waals surface area contributed by atoms with Gasteiger partial charge >= 0.3 is 0 Å². The number of ketones is 1. The summed E-state index contributed by atoms with van der Waals surface area (Å²) in [5, 5.41) is 21.0. The highest BCUT2D eigenvalue weighted by Gasteiger charge is 2.46. The highest BCUT2D eigenvalue weighted by Crippen LogP contribution is 2.41. The molecule has 11 heteroatoms. The first-order chi connectivity index (χ1) is 16.0. The summed E-state index contributed by atoms with van der Waals surface area (Å²) in [6.45, 7) is 0.224. The van der Waals surface area contributed by atoms with E-state index in [4.69, 9.17) is 9.47 Å². The molecule has 2 aromatic rings. The van der Waals surface area contributed by atoms with E-state index in [1.54, 1.807) is 0 Å². The van der Waals surface area contributed by atoms with Gasteiger partial charge in [-0.05, 0) is 42.0 Å². The summed E-state index contributed by atoms with van der Waals surface area (Å²) in [5.74, 6) is -2.16. The summed E-state index contributed by atoms with van der Waals surface area (Å²) in [7, 11) is 1.93. The number of benzene rings is 2. The molecule has 1 amide bonds. The van der Waals surface area contributed by atoms with E-state index in [1.807, 2.05) is 0 Å². The van der Waals surface area contributed by atoms with Gasteiger partial charge in [-0.15, -0.1) is 0 Å². The van der Waals surface area contributed by atoms with Gasteiger partial charge in [0.2, 0.25) is 10.0 Å². The molecule has 0 bridgehead atoms. The predicted molar refractivity (Wildman–Crippen MR) is 123 cm³/mol. The van der Waals surface area contributed by atoms with Crippen LogP contribution in [0.15, 0.2) is 52.9 Å². The number of methoxy groups -OCH3 is 2. The van der Waals surface area contributed by atoms with Crippen LogP contribution in [0.3, 0.4) is 0 Å². The van der Waals surface area contributed by atoms with Crippen molar-refractivity contribution in [1.82, 2.24) is 9.21 Å². The second kappa shape index (κ2) is 9.84. The summed E-state index contributed by atoms with van der Waals surface area (Å²) in [6.07, 6.45) is 0. The molecule has 3 rings (SSSR count). The summed E-state index contributed by atoms with van der Waals surface area (Å²) >= 11 is 0. The first-order valence-electron chi connectivity index (χ1n) is 10.2. The number of likely N-dealkylation sites (tertiary alicyclic amines) is 1. The number of sulfonamides is 1. The molecule has 1 atom stereocenters. The van der Waals surface area contributed by atoms with Gasteiger partial charge in [-0.2, -0.15) is 0 Å². The van der Waals surface area contributed by atoms with Crippen molar-refractivity contribution in [2.45, 2.75) is 10.9 Å². The summed E-state index contributed by atoms with van der Waals surface area (Å²) in [4.78, 5) is 27.1. The van der Waals surface area contributed by atoms with Gasteiger partial charge in [0.25, 0.3) is 11.7 Å². The highest BCUT2D eigenvalue weighted by molar-refractivity contribution is 7.89. The molecule has 0 aromatic heterocycles. The Morgan fingerprint density at radius 1 is 1.09 bits per heavy atom. The number of amides is 1. The minimum atomic E-state index is -3.69. The number of ether oxygens (including phenoxy) is 2. The average Bonchev–Trinajstić information content (AvgIpc) is 3.07. The van der Waals surface area contributed by atoms with E-state index in [1.165, 1.54) is 75.7 Å². The largest absolute Gasteiger partial charge is 0.507 e. The van der Waals surface area contributed by atoms with Crippen molar-refractivity contribution in [1.29, 1.82) is 0 Å². The van der Waals surface area contributed by atoms with Crippen LogP contribution in [0, 0.1) is 0 Å². The minimum Gasteiger partial charge on any atom is -0.507 e. The molecule has 1 unspecified atom stereocenters. The van der Waals surface area contributed by atoms with E-state index < -0.39 is 33.5 Å². The SMILES string of the molecule is COCCN1C(=O)C(=O)/C(=C(\O)c2ccc(S(=O)(=O)N(C)C)cc2)C1c1ccc(O)c(OC)c1. The average molecular weight is 491 g/mol. The van der Waals surface area contributed by atoms with Crippen LogP contribution in [0.1, 0.15) is 17.2 Å². The molecule has 0 spiro atoms. The van der Waals surface area contributed by atoms with Crippen molar-refractivity contribution in [2.24, 2.45) is 0 Å². The lowest BCUT2D eigenvalue weighted by Gasteiger charge is -2.25. The molecule has 182 valence electrons. The topological polar surface area (TPSA) is 134 Å². The Morgan fingerprint density at radius 2 is 1.74 bits per heavy atom. The van der Waals surface area contributed by atoms with Crippen molar-refractivity contribution in [3.05, 3.63) is 59.2 Å². The van der Waals surface area contributed by atoms with E-state index in [0.717, 1.165) is 4.31 Å². The van der Waals surface area contributed by atoms with Gasteiger partial charge in [0.05, 0.1) is 30.2 Å². The van der Waals surface area contributed by atoms with E-state index >= 15 is 0 Å². The van der Waals surface area contributed by atoms with Crippen molar-refractivity contribution in [2.75, 3.05) is 41.5 Å². The van der Waals surface area contributed by atoms with Gasteiger partial charge in [-0.1, -0.05) is 6.07 Å². The zero-order valence-electron chi connectivity index (χ0n) is 19.2. The fraction of sp³-hybridized carbons (Fsp3) is 0.304. The summed E-state index contributed by atoms with van der Waals surface area (Å²) in [5.41, 5.74) is 0.425. The quantitative estimate of drug-likeness (QED) is 0.325. The number of carbonyl (C=O) groups excluding carboxylic acids is 2. The zero-order chi connectivity index (χ0) is 25.2. The lowest BCUT2D eigenvalue weighted by atomic mass is 9.95. The number of phenolic OH excluding ortho intramolecular Hbond substituents is 1. The molecular weight excluding hydrogens is 464 g/mol. The maximum atomic E-state index is 13.0. The van der Waals surface area contributed by atoms with E-state index in [9.17, 15) is 28.2 Å². The molecule has 34 heavy (non-hydrogen) atoms. The Bertz CT molecular complexity index is 1240. The first kappa shape index (κ1) is 25.2. The molecule has 0 aliphatic carbocycles. The number of rotatable bonds is 8.